The predicted octanol–water partition coefficient (Wildman–Crippen LogP) is 3.99. The Morgan fingerprint density at radius 1 is 1.09 bits per heavy atom. The maximum absolute atomic E-state index is 12.0. The van der Waals surface area contributed by atoms with E-state index in [4.69, 9.17) is 4.74 Å². The zero-order valence-corrected chi connectivity index (χ0v) is 14.8. The van der Waals surface area contributed by atoms with Gasteiger partial charge in [0.2, 0.25) is 0 Å². The van der Waals surface area contributed by atoms with Gasteiger partial charge in [-0.3, -0.25) is 0 Å². The minimum atomic E-state index is -0.427. The summed E-state index contributed by atoms with van der Waals surface area (Å²) < 4.78 is 5.39. The van der Waals surface area contributed by atoms with Gasteiger partial charge in [0, 0.05) is 18.1 Å². The number of alkyl carbamates (subject to hydrolysis) is 1. The third-order valence-electron chi connectivity index (χ3n) is 5.03. The molecule has 4 heteroatoms. The molecule has 4 unspecified atom stereocenters. The molecule has 0 aromatic heterocycles. The fourth-order valence-corrected chi connectivity index (χ4v) is 3.91. The van der Waals surface area contributed by atoms with Crippen LogP contribution in [0.4, 0.5) is 4.79 Å². The van der Waals surface area contributed by atoms with Crippen LogP contribution in [0.2, 0.25) is 0 Å². The molecule has 0 aliphatic heterocycles. The second-order valence-corrected chi connectivity index (χ2v) is 8.09. The van der Waals surface area contributed by atoms with Crippen molar-refractivity contribution in [2.24, 2.45) is 5.92 Å². The van der Waals surface area contributed by atoms with Crippen LogP contribution in [0.1, 0.15) is 79.1 Å². The molecule has 1 amide bonds. The molecule has 4 atom stereocenters. The molecule has 2 saturated carbocycles. The van der Waals surface area contributed by atoms with Crippen molar-refractivity contribution in [1.29, 1.82) is 0 Å². The van der Waals surface area contributed by atoms with E-state index in [1.54, 1.807) is 0 Å². The number of hydrogen-bond donors (Lipinski definition) is 2. The second-order valence-electron chi connectivity index (χ2n) is 8.09. The number of hydrogen-bond acceptors (Lipinski definition) is 3. The maximum atomic E-state index is 12.0. The Kier molecular flexibility index (Phi) is 6.13. The van der Waals surface area contributed by atoms with Gasteiger partial charge in [-0.25, -0.2) is 4.79 Å². The van der Waals surface area contributed by atoms with Crippen LogP contribution in [0.15, 0.2) is 0 Å². The molecule has 2 rings (SSSR count). The van der Waals surface area contributed by atoms with Gasteiger partial charge in [-0.1, -0.05) is 26.2 Å². The van der Waals surface area contributed by atoms with Crippen LogP contribution in [0, 0.1) is 5.92 Å². The predicted molar refractivity (Wildman–Crippen MR) is 90.0 cm³/mol. The summed E-state index contributed by atoms with van der Waals surface area (Å²) in [7, 11) is 0. The highest BCUT2D eigenvalue weighted by Gasteiger charge is 2.32. The number of nitrogens with one attached hydrogen (secondary N) is 2. The molecular weight excluding hydrogens is 276 g/mol. The van der Waals surface area contributed by atoms with Gasteiger partial charge in [0.25, 0.3) is 0 Å². The van der Waals surface area contributed by atoms with Crippen LogP contribution in [0.3, 0.4) is 0 Å². The summed E-state index contributed by atoms with van der Waals surface area (Å²) in [6.07, 6.45) is 9.73. The lowest BCUT2D eigenvalue weighted by Gasteiger charge is -2.33. The molecule has 0 heterocycles. The van der Waals surface area contributed by atoms with Crippen molar-refractivity contribution in [3.63, 3.8) is 0 Å². The molecule has 2 aliphatic rings. The highest BCUT2D eigenvalue weighted by atomic mass is 16.6. The van der Waals surface area contributed by atoms with Crippen molar-refractivity contribution < 1.29 is 9.53 Å². The van der Waals surface area contributed by atoms with Crippen LogP contribution < -0.4 is 10.6 Å². The van der Waals surface area contributed by atoms with Crippen LogP contribution in [-0.4, -0.2) is 29.8 Å². The average molecular weight is 310 g/mol. The summed E-state index contributed by atoms with van der Waals surface area (Å²) in [4.78, 5) is 12.0. The largest absolute Gasteiger partial charge is 0.444 e. The monoisotopic (exact) mass is 310 g/mol. The molecule has 0 aromatic rings. The maximum Gasteiger partial charge on any atom is 0.407 e. The van der Waals surface area contributed by atoms with Gasteiger partial charge >= 0.3 is 6.09 Å². The molecule has 0 saturated heterocycles. The number of ether oxygens (including phenoxy) is 1. The van der Waals surface area contributed by atoms with Gasteiger partial charge in [0.05, 0.1) is 0 Å². The first-order valence-electron chi connectivity index (χ1n) is 9.13. The van der Waals surface area contributed by atoms with Crippen molar-refractivity contribution in [1.82, 2.24) is 10.6 Å². The number of carbonyl (C=O) groups is 1. The molecule has 2 aliphatic carbocycles. The molecule has 4 nitrogen and oxygen atoms in total. The van der Waals surface area contributed by atoms with E-state index in [0.717, 1.165) is 18.8 Å². The molecular formula is C18H34N2O2. The summed E-state index contributed by atoms with van der Waals surface area (Å²) in [6.45, 7) is 8.02. The van der Waals surface area contributed by atoms with E-state index in [9.17, 15) is 4.79 Å². The lowest BCUT2D eigenvalue weighted by atomic mass is 9.84. The van der Waals surface area contributed by atoms with E-state index in [2.05, 4.69) is 17.6 Å². The number of carbonyl (C=O) groups excluding carboxylic acids is 1. The summed E-state index contributed by atoms with van der Waals surface area (Å²) in [6, 6.07) is 1.26. The Morgan fingerprint density at radius 2 is 1.77 bits per heavy atom. The standard InChI is InChI=1S/C18H34N2O2/c1-5-13-8-6-9-14(12-13)19-15-10-7-11-16(15)20-17(21)22-18(2,3)4/h13-16,19H,5-12H2,1-4H3,(H,20,21). The molecule has 0 bridgehead atoms. The van der Waals surface area contributed by atoms with Gasteiger partial charge in [-0.05, 0) is 58.8 Å². The van der Waals surface area contributed by atoms with Crippen LogP contribution in [-0.2, 0) is 4.74 Å². The van der Waals surface area contributed by atoms with Crippen molar-refractivity contribution in [2.45, 2.75) is 103 Å². The minimum absolute atomic E-state index is 0.219. The Bertz CT molecular complexity index is 365. The molecule has 22 heavy (non-hydrogen) atoms. The van der Waals surface area contributed by atoms with Crippen LogP contribution >= 0.6 is 0 Å². The van der Waals surface area contributed by atoms with Crippen molar-refractivity contribution in [2.75, 3.05) is 0 Å². The SMILES string of the molecule is CCC1CCCC(NC2CCCC2NC(=O)OC(C)(C)C)C1. The summed E-state index contributed by atoms with van der Waals surface area (Å²) in [5, 5.41) is 6.91. The van der Waals surface area contributed by atoms with E-state index in [1.165, 1.54) is 38.5 Å². The first-order chi connectivity index (χ1) is 10.4. The molecule has 2 N–H and O–H groups in total. The number of amides is 1. The van der Waals surface area contributed by atoms with Gasteiger partial charge in [0.15, 0.2) is 0 Å². The third kappa shape index (κ3) is 5.45. The van der Waals surface area contributed by atoms with E-state index in [-0.39, 0.29) is 12.1 Å². The van der Waals surface area contributed by atoms with Gasteiger partial charge in [-0.2, -0.15) is 0 Å². The second kappa shape index (κ2) is 7.67. The third-order valence-corrected chi connectivity index (χ3v) is 5.03. The van der Waals surface area contributed by atoms with Gasteiger partial charge < -0.3 is 15.4 Å². The quantitative estimate of drug-likeness (QED) is 0.825. The summed E-state index contributed by atoms with van der Waals surface area (Å²) >= 11 is 0. The molecule has 0 radical (unpaired) electrons. The lowest BCUT2D eigenvalue weighted by molar-refractivity contribution is 0.0495. The molecule has 2 fully saturated rings. The first kappa shape index (κ1) is 17.6. The van der Waals surface area contributed by atoms with Crippen LogP contribution in [0.25, 0.3) is 0 Å². The zero-order chi connectivity index (χ0) is 16.2. The Hall–Kier alpha value is -0.770. The topological polar surface area (TPSA) is 50.4 Å². The van der Waals surface area contributed by atoms with E-state index >= 15 is 0 Å². The Balaban J connectivity index is 1.81. The zero-order valence-electron chi connectivity index (χ0n) is 14.8. The average Bonchev–Trinajstić information content (AvgIpc) is 2.84. The van der Waals surface area contributed by atoms with E-state index in [0.29, 0.717) is 12.1 Å². The Labute approximate surface area is 135 Å². The van der Waals surface area contributed by atoms with Crippen LogP contribution in [0.5, 0.6) is 0 Å². The first-order valence-corrected chi connectivity index (χ1v) is 9.13. The summed E-state index contributed by atoms with van der Waals surface area (Å²) in [5.74, 6) is 0.880. The van der Waals surface area contributed by atoms with Crippen molar-refractivity contribution >= 4 is 6.09 Å². The fourth-order valence-electron chi connectivity index (χ4n) is 3.91. The lowest BCUT2D eigenvalue weighted by Crippen LogP contribution is -2.51. The normalized spacial score (nSPS) is 32.7. The van der Waals surface area contributed by atoms with Crippen molar-refractivity contribution in [3.8, 4) is 0 Å². The Morgan fingerprint density at radius 3 is 2.45 bits per heavy atom. The van der Waals surface area contributed by atoms with Crippen molar-refractivity contribution in [3.05, 3.63) is 0 Å². The van der Waals surface area contributed by atoms with E-state index in [1.807, 2.05) is 20.8 Å². The highest BCUT2D eigenvalue weighted by molar-refractivity contribution is 5.68. The number of rotatable bonds is 4. The van der Waals surface area contributed by atoms with Gasteiger partial charge in [0.1, 0.15) is 5.60 Å². The summed E-state index contributed by atoms with van der Waals surface area (Å²) in [5.41, 5.74) is -0.427. The van der Waals surface area contributed by atoms with Gasteiger partial charge in [-0.15, -0.1) is 0 Å². The smallest absolute Gasteiger partial charge is 0.407 e. The molecule has 0 aromatic carbocycles. The van der Waals surface area contributed by atoms with E-state index < -0.39 is 5.60 Å². The minimum Gasteiger partial charge on any atom is -0.444 e. The highest BCUT2D eigenvalue weighted by Crippen LogP contribution is 2.29. The molecule has 0 spiro atoms. The molecule has 128 valence electrons. The fraction of sp³-hybridized carbons (Fsp3) is 0.944.